The van der Waals surface area contributed by atoms with E-state index in [2.05, 4.69) is 17.6 Å². The molecule has 0 unspecified atom stereocenters. The van der Waals surface area contributed by atoms with E-state index in [-0.39, 0.29) is 58.1 Å². The van der Waals surface area contributed by atoms with Crippen LogP contribution in [0.5, 0.6) is 5.75 Å². The van der Waals surface area contributed by atoms with Crippen molar-refractivity contribution >= 4 is 17.8 Å². The maximum atomic E-state index is 15.0. The summed E-state index contributed by atoms with van der Waals surface area (Å²) >= 11 is 0. The molecule has 0 radical (unpaired) electrons. The Balaban J connectivity index is 1.28. The summed E-state index contributed by atoms with van der Waals surface area (Å²) in [5.74, 6) is -2.15. The molecule has 4 atom stereocenters. The van der Waals surface area contributed by atoms with Gasteiger partial charge in [-0.25, -0.2) is 4.39 Å². The highest BCUT2D eigenvalue weighted by molar-refractivity contribution is 5.96. The lowest BCUT2D eigenvalue weighted by atomic mass is 9.70. The van der Waals surface area contributed by atoms with Crippen molar-refractivity contribution in [3.05, 3.63) is 29.1 Å². The lowest BCUT2D eigenvalue weighted by molar-refractivity contribution is -0.150. The first-order valence-electron chi connectivity index (χ1n) is 14.2. The number of fused-ring (bicyclic) bond motifs is 2. The van der Waals surface area contributed by atoms with Crippen molar-refractivity contribution in [2.45, 2.75) is 90.2 Å². The zero-order valence-electron chi connectivity index (χ0n) is 22.7. The Kier molecular flexibility index (Phi) is 7.34. The Labute approximate surface area is 228 Å². The number of benzene rings is 1. The molecule has 9 heteroatoms. The van der Waals surface area contributed by atoms with E-state index >= 15 is 4.39 Å². The Bertz CT molecular complexity index is 1200. The Morgan fingerprint density at radius 2 is 1.79 bits per heavy atom. The molecule has 8 nitrogen and oxygen atoms in total. The lowest BCUT2D eigenvalue weighted by Crippen LogP contribution is -2.51. The van der Waals surface area contributed by atoms with Crippen LogP contribution >= 0.6 is 0 Å². The van der Waals surface area contributed by atoms with Gasteiger partial charge in [-0.3, -0.25) is 14.4 Å². The summed E-state index contributed by atoms with van der Waals surface area (Å²) in [5.41, 5.74) is -0.903. The summed E-state index contributed by atoms with van der Waals surface area (Å²) in [5, 5.41) is 25.1. The molecule has 0 heterocycles. The first kappa shape index (κ1) is 27.4. The smallest absolute Gasteiger partial charge is 0.309 e. The Hall–Kier alpha value is -3.15. The van der Waals surface area contributed by atoms with Gasteiger partial charge >= 0.3 is 5.97 Å². The normalized spacial score (nSPS) is 32.5. The number of nitriles is 1. The van der Waals surface area contributed by atoms with Crippen LogP contribution in [0.1, 0.15) is 94.0 Å². The molecule has 2 bridgehead atoms. The summed E-state index contributed by atoms with van der Waals surface area (Å²) in [7, 11) is 0. The first-order valence-corrected chi connectivity index (χ1v) is 14.2. The maximum Gasteiger partial charge on any atom is 0.309 e. The molecule has 3 N–H and O–H groups in total. The van der Waals surface area contributed by atoms with Crippen LogP contribution < -0.4 is 15.4 Å². The van der Waals surface area contributed by atoms with Gasteiger partial charge in [-0.2, -0.15) is 5.26 Å². The van der Waals surface area contributed by atoms with Gasteiger partial charge in [0.1, 0.15) is 17.6 Å². The van der Waals surface area contributed by atoms with Crippen LogP contribution in [-0.4, -0.2) is 41.6 Å². The molecule has 4 aliphatic carbocycles. The monoisotopic (exact) mass is 539 g/mol. The highest BCUT2D eigenvalue weighted by Gasteiger charge is 2.51. The number of carbonyl (C=O) groups is 3. The number of nitrogens with zero attached hydrogens (tertiary/aromatic N) is 1. The Morgan fingerprint density at radius 1 is 1.10 bits per heavy atom. The number of hydrogen-bond acceptors (Lipinski definition) is 5. The number of halogens is 1. The summed E-state index contributed by atoms with van der Waals surface area (Å²) in [6.45, 7) is 4.53. The second kappa shape index (κ2) is 10.4. The van der Waals surface area contributed by atoms with E-state index in [1.54, 1.807) is 6.92 Å². The number of hydrogen-bond donors (Lipinski definition) is 3. The van der Waals surface area contributed by atoms with E-state index in [1.807, 2.05) is 6.07 Å². The van der Waals surface area contributed by atoms with Crippen molar-refractivity contribution in [2.75, 3.05) is 6.54 Å². The molecule has 2 amide bonds. The van der Waals surface area contributed by atoms with E-state index in [0.717, 1.165) is 38.2 Å². The second-order valence-corrected chi connectivity index (χ2v) is 12.9. The summed E-state index contributed by atoms with van der Waals surface area (Å²) < 4.78 is 21.1. The average Bonchev–Trinajstić information content (AvgIpc) is 3.50. The van der Waals surface area contributed by atoms with Crippen LogP contribution in [0.4, 0.5) is 4.39 Å². The van der Waals surface area contributed by atoms with Crippen molar-refractivity contribution in [1.82, 2.24) is 10.6 Å². The molecular formula is C30H38FN3O5. The fourth-order valence-electron chi connectivity index (χ4n) is 7.13. The minimum Gasteiger partial charge on any atom is -0.489 e. The maximum absolute atomic E-state index is 15.0. The van der Waals surface area contributed by atoms with Gasteiger partial charge in [0, 0.05) is 12.6 Å². The van der Waals surface area contributed by atoms with Crippen LogP contribution in [0.3, 0.4) is 0 Å². The van der Waals surface area contributed by atoms with Gasteiger partial charge in [-0.15, -0.1) is 0 Å². The van der Waals surface area contributed by atoms with Crippen LogP contribution in [-0.2, 0) is 9.59 Å². The molecular weight excluding hydrogens is 501 g/mol. The van der Waals surface area contributed by atoms with Crippen molar-refractivity contribution in [3.63, 3.8) is 0 Å². The van der Waals surface area contributed by atoms with Crippen LogP contribution in [0.25, 0.3) is 0 Å². The summed E-state index contributed by atoms with van der Waals surface area (Å²) in [6.07, 6.45) is 7.63. The largest absolute Gasteiger partial charge is 0.489 e. The molecule has 39 heavy (non-hydrogen) atoms. The number of ether oxygens (including phenoxy) is 1. The third-order valence-corrected chi connectivity index (χ3v) is 10.0. The third-order valence-electron chi connectivity index (χ3n) is 10.0. The number of rotatable bonds is 8. The molecule has 5 rings (SSSR count). The minimum absolute atomic E-state index is 0.0164. The second-order valence-electron chi connectivity index (χ2n) is 12.9. The molecule has 0 spiro atoms. The number of amides is 2. The molecule has 210 valence electrons. The number of carboxylic acid groups (broad SMARTS) is 1. The van der Waals surface area contributed by atoms with Crippen molar-refractivity contribution in [3.8, 4) is 11.8 Å². The van der Waals surface area contributed by atoms with E-state index < -0.39 is 23.1 Å². The SMILES string of the molecule is CC1(CNC(=O)[C@H]2[C@@H]3CC[C@@H](C3)[C@H]2NC(=O)c2cc(O[C@H]3CC[C@@](C)(C(=O)O)CC3)c(C#N)cc2F)CCC1. The topological polar surface area (TPSA) is 129 Å². The van der Waals surface area contributed by atoms with Crippen molar-refractivity contribution < 1.29 is 28.6 Å². The molecule has 1 aromatic carbocycles. The zero-order chi connectivity index (χ0) is 27.9. The van der Waals surface area contributed by atoms with Gasteiger partial charge in [0.15, 0.2) is 0 Å². The van der Waals surface area contributed by atoms with Gasteiger partial charge in [0.2, 0.25) is 5.91 Å². The number of carbonyl (C=O) groups excluding carboxylic acids is 2. The molecule has 4 fully saturated rings. The molecule has 0 aromatic heterocycles. The van der Waals surface area contributed by atoms with Crippen molar-refractivity contribution in [2.24, 2.45) is 28.6 Å². The molecule has 0 saturated heterocycles. The highest BCUT2D eigenvalue weighted by atomic mass is 19.1. The molecule has 0 aliphatic heterocycles. The van der Waals surface area contributed by atoms with Crippen molar-refractivity contribution in [1.29, 1.82) is 5.26 Å². The fraction of sp³-hybridized carbons (Fsp3) is 0.667. The number of nitrogens with one attached hydrogen (secondary N) is 2. The van der Waals surface area contributed by atoms with Gasteiger partial charge in [-0.05, 0) is 94.1 Å². The first-order chi connectivity index (χ1) is 18.5. The quantitative estimate of drug-likeness (QED) is 0.444. The minimum atomic E-state index is -0.843. The van der Waals surface area contributed by atoms with E-state index in [9.17, 15) is 24.8 Å². The number of carboxylic acids is 1. The summed E-state index contributed by atoms with van der Waals surface area (Å²) in [6, 6.07) is 3.86. The Morgan fingerprint density at radius 3 is 2.41 bits per heavy atom. The zero-order valence-corrected chi connectivity index (χ0v) is 22.7. The van der Waals surface area contributed by atoms with E-state index in [0.29, 0.717) is 32.2 Å². The molecule has 1 aromatic rings. The van der Waals surface area contributed by atoms with E-state index in [4.69, 9.17) is 4.74 Å². The van der Waals surface area contributed by atoms with Crippen LogP contribution in [0.15, 0.2) is 12.1 Å². The van der Waals surface area contributed by atoms with Gasteiger partial charge in [-0.1, -0.05) is 13.3 Å². The molecule has 4 aliphatic rings. The molecule has 4 saturated carbocycles. The summed E-state index contributed by atoms with van der Waals surface area (Å²) in [4.78, 5) is 38.1. The van der Waals surface area contributed by atoms with Crippen LogP contribution in [0, 0.1) is 45.7 Å². The predicted octanol–water partition coefficient (Wildman–Crippen LogP) is 4.56. The lowest BCUT2D eigenvalue weighted by Gasteiger charge is -2.39. The standard InChI is InChI=1S/C30H38FN3O5/c1-29(8-3-9-29)16-33-27(36)24-17-4-5-18(12-17)25(24)34-26(35)21-14-23(19(15-32)13-22(21)31)39-20-6-10-30(2,11-7-20)28(37)38/h13-14,17-18,20,24-25H,3-12,16H2,1-2H3,(H,33,36)(H,34,35)(H,37,38)/t17-,18+,20-,24+,25-,30+/m1/s1. The predicted molar refractivity (Wildman–Crippen MR) is 140 cm³/mol. The van der Waals surface area contributed by atoms with E-state index in [1.165, 1.54) is 12.5 Å². The van der Waals surface area contributed by atoms with Gasteiger partial charge in [0.25, 0.3) is 5.91 Å². The number of aliphatic carboxylic acids is 1. The van der Waals surface area contributed by atoms with Gasteiger partial charge < -0.3 is 20.5 Å². The van der Waals surface area contributed by atoms with Crippen LogP contribution in [0.2, 0.25) is 0 Å². The fourth-order valence-corrected chi connectivity index (χ4v) is 7.13. The average molecular weight is 540 g/mol. The van der Waals surface area contributed by atoms with Gasteiger partial charge in [0.05, 0.1) is 28.6 Å². The highest BCUT2D eigenvalue weighted by Crippen LogP contribution is 2.49. The third kappa shape index (κ3) is 5.35.